The average Bonchev–Trinajstić information content (AvgIpc) is 2.60. The zero-order valence-electron chi connectivity index (χ0n) is 8.13. The van der Waals surface area contributed by atoms with Gasteiger partial charge in [-0.25, -0.2) is 0 Å². The SMILES string of the molecule is COCCN=C(N)C1CC1(C)C. The van der Waals surface area contributed by atoms with Crippen molar-refractivity contribution in [3.05, 3.63) is 0 Å². The van der Waals surface area contributed by atoms with Crippen LogP contribution in [0.3, 0.4) is 0 Å². The van der Waals surface area contributed by atoms with Crippen molar-refractivity contribution in [3.8, 4) is 0 Å². The fraction of sp³-hybridized carbons (Fsp3) is 0.889. The normalized spacial score (nSPS) is 27.2. The number of rotatable bonds is 4. The Morgan fingerprint density at radius 1 is 1.67 bits per heavy atom. The van der Waals surface area contributed by atoms with Gasteiger partial charge >= 0.3 is 0 Å². The van der Waals surface area contributed by atoms with E-state index >= 15 is 0 Å². The molecule has 0 radical (unpaired) electrons. The van der Waals surface area contributed by atoms with Crippen molar-refractivity contribution >= 4 is 5.84 Å². The van der Waals surface area contributed by atoms with E-state index in [0.29, 0.717) is 24.5 Å². The monoisotopic (exact) mass is 170 g/mol. The summed E-state index contributed by atoms with van der Waals surface area (Å²) in [5.41, 5.74) is 6.18. The van der Waals surface area contributed by atoms with Gasteiger partial charge in [-0.2, -0.15) is 0 Å². The first-order chi connectivity index (χ1) is 5.58. The molecule has 0 bridgehead atoms. The smallest absolute Gasteiger partial charge is 0.0975 e. The fourth-order valence-corrected chi connectivity index (χ4v) is 1.35. The van der Waals surface area contributed by atoms with E-state index in [1.165, 1.54) is 6.42 Å². The Labute approximate surface area is 74.0 Å². The summed E-state index contributed by atoms with van der Waals surface area (Å²) in [4.78, 5) is 4.24. The fourth-order valence-electron chi connectivity index (χ4n) is 1.35. The van der Waals surface area contributed by atoms with E-state index in [1.807, 2.05) is 0 Å². The van der Waals surface area contributed by atoms with Gasteiger partial charge in [0.2, 0.25) is 0 Å². The van der Waals surface area contributed by atoms with Gasteiger partial charge in [0.05, 0.1) is 19.0 Å². The van der Waals surface area contributed by atoms with E-state index < -0.39 is 0 Å². The predicted octanol–water partition coefficient (Wildman–Crippen LogP) is 1.04. The van der Waals surface area contributed by atoms with Crippen LogP contribution in [0.15, 0.2) is 4.99 Å². The maximum absolute atomic E-state index is 5.79. The van der Waals surface area contributed by atoms with Crippen LogP contribution in [-0.4, -0.2) is 26.1 Å². The minimum Gasteiger partial charge on any atom is -0.387 e. The molecule has 2 N–H and O–H groups in total. The molecular formula is C9H18N2O. The van der Waals surface area contributed by atoms with Crippen LogP contribution < -0.4 is 5.73 Å². The van der Waals surface area contributed by atoms with Gasteiger partial charge in [0.1, 0.15) is 0 Å². The molecule has 1 unspecified atom stereocenters. The van der Waals surface area contributed by atoms with Gasteiger partial charge in [0, 0.05) is 13.0 Å². The standard InChI is InChI=1S/C9H18N2O/c1-9(2)6-7(9)8(10)11-4-5-12-3/h7H,4-6H2,1-3H3,(H2,10,11). The third kappa shape index (κ3) is 2.21. The summed E-state index contributed by atoms with van der Waals surface area (Å²) in [6.45, 7) is 5.79. The molecule has 0 aromatic heterocycles. The molecule has 0 amide bonds. The number of methoxy groups -OCH3 is 1. The van der Waals surface area contributed by atoms with Gasteiger partial charge in [0.25, 0.3) is 0 Å². The number of amidine groups is 1. The lowest BCUT2D eigenvalue weighted by Crippen LogP contribution is -2.18. The Hall–Kier alpha value is -0.570. The molecule has 0 heterocycles. The maximum atomic E-state index is 5.79. The molecule has 1 fully saturated rings. The van der Waals surface area contributed by atoms with Gasteiger partial charge in [-0.15, -0.1) is 0 Å². The summed E-state index contributed by atoms with van der Waals surface area (Å²) in [6.07, 6.45) is 1.18. The van der Waals surface area contributed by atoms with Crippen molar-refractivity contribution in [2.24, 2.45) is 22.1 Å². The second-order valence-electron chi connectivity index (χ2n) is 4.04. The highest BCUT2D eigenvalue weighted by Crippen LogP contribution is 2.51. The van der Waals surface area contributed by atoms with E-state index in [-0.39, 0.29) is 0 Å². The summed E-state index contributed by atoms with van der Waals surface area (Å²) in [5, 5.41) is 0. The quantitative estimate of drug-likeness (QED) is 0.389. The molecule has 1 rings (SSSR count). The Kier molecular flexibility index (Phi) is 2.73. The highest BCUT2D eigenvalue weighted by molar-refractivity contribution is 5.86. The number of aliphatic imine (C=N–C) groups is 1. The number of nitrogens with zero attached hydrogens (tertiary/aromatic N) is 1. The van der Waals surface area contributed by atoms with Gasteiger partial charge in [0.15, 0.2) is 0 Å². The Morgan fingerprint density at radius 3 is 2.67 bits per heavy atom. The molecule has 0 aromatic rings. The summed E-state index contributed by atoms with van der Waals surface area (Å²) >= 11 is 0. The van der Waals surface area contributed by atoms with Crippen molar-refractivity contribution < 1.29 is 4.74 Å². The first-order valence-electron chi connectivity index (χ1n) is 4.36. The lowest BCUT2D eigenvalue weighted by molar-refractivity contribution is 0.208. The minimum atomic E-state index is 0.390. The second-order valence-corrected chi connectivity index (χ2v) is 4.04. The molecule has 0 aliphatic heterocycles. The Morgan fingerprint density at radius 2 is 2.25 bits per heavy atom. The van der Waals surface area contributed by atoms with Crippen molar-refractivity contribution in [1.29, 1.82) is 0 Å². The van der Waals surface area contributed by atoms with Crippen molar-refractivity contribution in [3.63, 3.8) is 0 Å². The molecule has 0 aromatic carbocycles. The zero-order valence-corrected chi connectivity index (χ0v) is 8.13. The van der Waals surface area contributed by atoms with Gasteiger partial charge in [-0.3, -0.25) is 4.99 Å². The summed E-state index contributed by atoms with van der Waals surface area (Å²) in [7, 11) is 1.67. The molecule has 0 saturated heterocycles. The molecule has 1 aliphatic carbocycles. The van der Waals surface area contributed by atoms with Gasteiger partial charge in [-0.1, -0.05) is 13.8 Å². The number of nitrogens with two attached hydrogens (primary N) is 1. The third-order valence-corrected chi connectivity index (χ3v) is 2.46. The van der Waals surface area contributed by atoms with E-state index in [0.717, 1.165) is 5.84 Å². The number of ether oxygens (including phenoxy) is 1. The Bertz CT molecular complexity index is 187. The van der Waals surface area contributed by atoms with Crippen molar-refractivity contribution in [2.75, 3.05) is 20.3 Å². The highest BCUT2D eigenvalue weighted by atomic mass is 16.5. The molecule has 1 atom stereocenters. The predicted molar refractivity (Wildman–Crippen MR) is 50.3 cm³/mol. The molecule has 1 aliphatic rings. The van der Waals surface area contributed by atoms with Crippen LogP contribution in [0.5, 0.6) is 0 Å². The van der Waals surface area contributed by atoms with Gasteiger partial charge < -0.3 is 10.5 Å². The number of hydrogen-bond donors (Lipinski definition) is 1. The van der Waals surface area contributed by atoms with E-state index in [4.69, 9.17) is 10.5 Å². The lowest BCUT2D eigenvalue weighted by atomic mass is 10.1. The molecule has 3 heteroatoms. The molecule has 1 saturated carbocycles. The molecular weight excluding hydrogens is 152 g/mol. The minimum absolute atomic E-state index is 0.390. The molecule has 0 spiro atoms. The maximum Gasteiger partial charge on any atom is 0.0975 e. The van der Waals surface area contributed by atoms with E-state index in [2.05, 4.69) is 18.8 Å². The first-order valence-corrected chi connectivity index (χ1v) is 4.36. The van der Waals surface area contributed by atoms with E-state index in [9.17, 15) is 0 Å². The zero-order chi connectivity index (χ0) is 9.19. The van der Waals surface area contributed by atoms with Crippen LogP contribution in [0, 0.1) is 11.3 Å². The lowest BCUT2D eigenvalue weighted by Gasteiger charge is -2.02. The van der Waals surface area contributed by atoms with Crippen LogP contribution >= 0.6 is 0 Å². The third-order valence-electron chi connectivity index (χ3n) is 2.46. The van der Waals surface area contributed by atoms with Crippen LogP contribution in [0.25, 0.3) is 0 Å². The van der Waals surface area contributed by atoms with Crippen LogP contribution in [-0.2, 0) is 4.74 Å². The topological polar surface area (TPSA) is 47.6 Å². The van der Waals surface area contributed by atoms with Gasteiger partial charge in [-0.05, 0) is 11.8 Å². The molecule has 70 valence electrons. The van der Waals surface area contributed by atoms with Crippen LogP contribution in [0.4, 0.5) is 0 Å². The largest absolute Gasteiger partial charge is 0.387 e. The number of hydrogen-bond acceptors (Lipinski definition) is 2. The second kappa shape index (κ2) is 3.44. The summed E-state index contributed by atoms with van der Waals surface area (Å²) in [6, 6.07) is 0. The van der Waals surface area contributed by atoms with E-state index in [1.54, 1.807) is 7.11 Å². The summed E-state index contributed by atoms with van der Waals surface area (Å²) in [5.74, 6) is 1.31. The summed E-state index contributed by atoms with van der Waals surface area (Å²) < 4.78 is 4.88. The average molecular weight is 170 g/mol. The first kappa shape index (κ1) is 9.52. The highest BCUT2D eigenvalue weighted by Gasteiger charge is 2.47. The molecule has 3 nitrogen and oxygen atoms in total. The van der Waals surface area contributed by atoms with Crippen LogP contribution in [0.2, 0.25) is 0 Å². The van der Waals surface area contributed by atoms with Crippen LogP contribution in [0.1, 0.15) is 20.3 Å². The molecule has 12 heavy (non-hydrogen) atoms. The Balaban J connectivity index is 2.29. The van der Waals surface area contributed by atoms with Crippen molar-refractivity contribution in [2.45, 2.75) is 20.3 Å². The van der Waals surface area contributed by atoms with Crippen molar-refractivity contribution in [1.82, 2.24) is 0 Å².